The molecule has 4 heteroatoms. The summed E-state index contributed by atoms with van der Waals surface area (Å²) in [6.07, 6.45) is 7.06. The first-order valence-corrected chi connectivity index (χ1v) is 8.82. The fraction of sp³-hybridized carbons (Fsp3) is 0.923. The summed E-state index contributed by atoms with van der Waals surface area (Å²) in [5.41, 5.74) is 0.0257. The molecule has 0 aromatic rings. The van der Waals surface area contributed by atoms with Gasteiger partial charge in [-0.25, -0.2) is 0 Å². The third kappa shape index (κ3) is 3.40. The zero-order valence-corrected chi connectivity index (χ0v) is 12.9. The Kier molecular flexibility index (Phi) is 4.81. The van der Waals surface area contributed by atoms with Crippen LogP contribution in [0.4, 0.5) is 0 Å². The Balaban J connectivity index is 1.95. The Bertz CT molecular complexity index is 281. The number of alkyl halides is 1. The standard InChI is InChI=1S/C13H22BrNOS/c1-10-4-2-6-13(8-10,9-14)15-12(16)11-5-3-7-17-11/h10-11H,2-9H2,1H3,(H,15,16). The maximum Gasteiger partial charge on any atom is 0.233 e. The summed E-state index contributed by atoms with van der Waals surface area (Å²) in [4.78, 5) is 12.2. The maximum absolute atomic E-state index is 12.2. The maximum atomic E-state index is 12.2. The quantitative estimate of drug-likeness (QED) is 0.808. The second-order valence-electron chi connectivity index (χ2n) is 5.61. The second kappa shape index (κ2) is 5.96. The molecule has 2 aliphatic rings. The highest BCUT2D eigenvalue weighted by Crippen LogP contribution is 2.35. The summed E-state index contributed by atoms with van der Waals surface area (Å²) in [6, 6.07) is 0. The number of carbonyl (C=O) groups excluding carboxylic acids is 1. The van der Waals surface area contributed by atoms with Crippen LogP contribution in [-0.2, 0) is 4.79 Å². The van der Waals surface area contributed by atoms with Crippen LogP contribution in [0, 0.1) is 5.92 Å². The van der Waals surface area contributed by atoms with Gasteiger partial charge in [0, 0.05) is 10.9 Å². The van der Waals surface area contributed by atoms with Crippen LogP contribution in [0.3, 0.4) is 0 Å². The largest absolute Gasteiger partial charge is 0.349 e. The van der Waals surface area contributed by atoms with Crippen molar-refractivity contribution in [1.29, 1.82) is 0 Å². The molecule has 0 radical (unpaired) electrons. The molecule has 1 aliphatic heterocycles. The molecule has 1 heterocycles. The van der Waals surface area contributed by atoms with Gasteiger partial charge in [-0.3, -0.25) is 4.79 Å². The van der Waals surface area contributed by atoms with Crippen molar-refractivity contribution < 1.29 is 4.79 Å². The lowest BCUT2D eigenvalue weighted by Gasteiger charge is -2.40. The van der Waals surface area contributed by atoms with Crippen LogP contribution in [0.5, 0.6) is 0 Å². The van der Waals surface area contributed by atoms with Crippen molar-refractivity contribution in [2.24, 2.45) is 5.92 Å². The molecule has 98 valence electrons. The first-order chi connectivity index (χ1) is 8.15. The highest BCUT2D eigenvalue weighted by atomic mass is 79.9. The van der Waals surface area contributed by atoms with Crippen molar-refractivity contribution in [1.82, 2.24) is 5.32 Å². The Hall–Kier alpha value is 0.300. The molecule has 0 aromatic heterocycles. The van der Waals surface area contributed by atoms with Crippen LogP contribution in [0.2, 0.25) is 0 Å². The summed E-state index contributed by atoms with van der Waals surface area (Å²) in [7, 11) is 0. The molecular formula is C13H22BrNOS. The van der Waals surface area contributed by atoms with E-state index in [2.05, 4.69) is 28.2 Å². The van der Waals surface area contributed by atoms with Crippen LogP contribution in [0.15, 0.2) is 0 Å². The minimum absolute atomic E-state index is 0.0257. The normalized spacial score (nSPS) is 38.0. The van der Waals surface area contributed by atoms with E-state index < -0.39 is 0 Å². The minimum Gasteiger partial charge on any atom is -0.349 e. The average Bonchev–Trinajstić information content (AvgIpc) is 2.82. The van der Waals surface area contributed by atoms with E-state index in [4.69, 9.17) is 0 Å². The number of rotatable bonds is 3. The van der Waals surface area contributed by atoms with Gasteiger partial charge in [-0.05, 0) is 37.4 Å². The van der Waals surface area contributed by atoms with Crippen molar-refractivity contribution in [3.63, 3.8) is 0 Å². The number of hydrogen-bond acceptors (Lipinski definition) is 2. The molecule has 0 aromatic carbocycles. The highest BCUT2D eigenvalue weighted by molar-refractivity contribution is 9.09. The summed E-state index contributed by atoms with van der Waals surface area (Å²) in [5.74, 6) is 2.16. The predicted octanol–water partition coefficient (Wildman–Crippen LogP) is 3.34. The van der Waals surface area contributed by atoms with Crippen molar-refractivity contribution in [3.05, 3.63) is 0 Å². The van der Waals surface area contributed by atoms with Gasteiger partial charge in [0.05, 0.1) is 5.25 Å². The summed E-state index contributed by atoms with van der Waals surface area (Å²) >= 11 is 5.43. The Morgan fingerprint density at radius 3 is 2.88 bits per heavy atom. The first-order valence-electron chi connectivity index (χ1n) is 6.65. The molecule has 1 saturated heterocycles. The highest BCUT2D eigenvalue weighted by Gasteiger charge is 2.37. The Morgan fingerprint density at radius 2 is 2.29 bits per heavy atom. The zero-order chi connectivity index (χ0) is 12.3. The number of halogens is 1. The molecule has 1 amide bonds. The van der Waals surface area contributed by atoms with Crippen LogP contribution in [-0.4, -0.2) is 27.8 Å². The van der Waals surface area contributed by atoms with E-state index in [9.17, 15) is 4.79 Å². The Labute approximate surface area is 117 Å². The number of nitrogens with one attached hydrogen (secondary N) is 1. The predicted molar refractivity (Wildman–Crippen MR) is 77.8 cm³/mol. The van der Waals surface area contributed by atoms with Crippen molar-refractivity contribution in [2.75, 3.05) is 11.1 Å². The number of thioether (sulfide) groups is 1. The molecule has 2 nitrogen and oxygen atoms in total. The van der Waals surface area contributed by atoms with Gasteiger partial charge in [0.15, 0.2) is 0 Å². The lowest BCUT2D eigenvalue weighted by molar-refractivity contribution is -0.122. The minimum atomic E-state index is 0.0257. The van der Waals surface area contributed by atoms with Gasteiger partial charge in [0.1, 0.15) is 0 Å². The van der Waals surface area contributed by atoms with Gasteiger partial charge in [0.2, 0.25) is 5.91 Å². The summed E-state index contributed by atoms with van der Waals surface area (Å²) in [5, 5.41) is 4.46. The van der Waals surface area contributed by atoms with Crippen molar-refractivity contribution >= 4 is 33.6 Å². The topological polar surface area (TPSA) is 29.1 Å². The van der Waals surface area contributed by atoms with E-state index in [1.54, 1.807) is 0 Å². The average molecular weight is 320 g/mol. The van der Waals surface area contributed by atoms with Gasteiger partial charge in [0.25, 0.3) is 0 Å². The van der Waals surface area contributed by atoms with Crippen LogP contribution >= 0.6 is 27.7 Å². The lowest BCUT2D eigenvalue weighted by atomic mass is 9.77. The molecular weight excluding hydrogens is 298 g/mol. The second-order valence-corrected chi connectivity index (χ2v) is 7.48. The number of carbonyl (C=O) groups is 1. The van der Waals surface area contributed by atoms with E-state index in [-0.39, 0.29) is 16.7 Å². The molecule has 3 atom stereocenters. The summed E-state index contributed by atoms with van der Waals surface area (Å²) in [6.45, 7) is 2.30. The van der Waals surface area contributed by atoms with Gasteiger partial charge in [-0.2, -0.15) is 0 Å². The molecule has 2 rings (SSSR count). The zero-order valence-electron chi connectivity index (χ0n) is 10.5. The lowest BCUT2D eigenvalue weighted by Crippen LogP contribution is -2.54. The van der Waals surface area contributed by atoms with Crippen LogP contribution in [0.25, 0.3) is 0 Å². The number of hydrogen-bond donors (Lipinski definition) is 1. The number of amides is 1. The molecule has 0 bridgehead atoms. The monoisotopic (exact) mass is 319 g/mol. The first kappa shape index (κ1) is 13.7. The third-order valence-electron chi connectivity index (χ3n) is 3.96. The van der Waals surface area contributed by atoms with Gasteiger partial charge in [-0.1, -0.05) is 35.7 Å². The van der Waals surface area contributed by atoms with E-state index in [0.29, 0.717) is 0 Å². The van der Waals surface area contributed by atoms with Gasteiger partial charge in [-0.15, -0.1) is 11.8 Å². The molecule has 1 saturated carbocycles. The molecule has 1 aliphatic carbocycles. The molecule has 17 heavy (non-hydrogen) atoms. The third-order valence-corrected chi connectivity index (χ3v) is 6.41. The van der Waals surface area contributed by atoms with Crippen molar-refractivity contribution in [2.45, 2.75) is 56.2 Å². The van der Waals surface area contributed by atoms with Crippen LogP contribution < -0.4 is 5.32 Å². The molecule has 1 N–H and O–H groups in total. The molecule has 3 unspecified atom stereocenters. The smallest absolute Gasteiger partial charge is 0.233 e. The van der Waals surface area contributed by atoms with E-state index in [1.165, 1.54) is 19.3 Å². The van der Waals surface area contributed by atoms with E-state index in [1.807, 2.05) is 11.8 Å². The fourth-order valence-electron chi connectivity index (χ4n) is 3.05. The van der Waals surface area contributed by atoms with Crippen molar-refractivity contribution in [3.8, 4) is 0 Å². The fourth-order valence-corrected chi connectivity index (χ4v) is 4.87. The van der Waals surface area contributed by atoms with E-state index >= 15 is 0 Å². The summed E-state index contributed by atoms with van der Waals surface area (Å²) < 4.78 is 0. The Morgan fingerprint density at radius 1 is 1.47 bits per heavy atom. The molecule has 2 fully saturated rings. The SMILES string of the molecule is CC1CCCC(CBr)(NC(=O)C2CCCS2)C1. The van der Waals surface area contributed by atoms with E-state index in [0.717, 1.165) is 36.3 Å². The van der Waals surface area contributed by atoms with Gasteiger partial charge < -0.3 is 5.32 Å². The van der Waals surface area contributed by atoms with Crippen LogP contribution in [0.1, 0.15) is 45.4 Å². The van der Waals surface area contributed by atoms with Gasteiger partial charge >= 0.3 is 0 Å². The molecule has 0 spiro atoms.